The maximum Gasteiger partial charge on any atom is 0.257 e. The van der Waals surface area contributed by atoms with Crippen LogP contribution in [0.1, 0.15) is 11.1 Å². The van der Waals surface area contributed by atoms with Gasteiger partial charge in [-0.05, 0) is 42.3 Å². The molecule has 0 saturated carbocycles. The largest absolute Gasteiger partial charge is 0.484 e. The molecule has 0 aliphatic carbocycles. The van der Waals surface area contributed by atoms with Gasteiger partial charge in [0.15, 0.2) is 6.61 Å². The van der Waals surface area contributed by atoms with E-state index in [0.29, 0.717) is 18.0 Å². The number of carbonyl (C=O) groups is 1. The van der Waals surface area contributed by atoms with Crippen LogP contribution in [0.25, 0.3) is 0 Å². The van der Waals surface area contributed by atoms with Gasteiger partial charge < -0.3 is 10.1 Å². The summed E-state index contributed by atoms with van der Waals surface area (Å²) < 4.78 is 45.1. The van der Waals surface area contributed by atoms with E-state index in [1.807, 2.05) is 30.3 Å². The van der Waals surface area contributed by atoms with Crippen LogP contribution in [-0.2, 0) is 27.8 Å². The van der Waals surface area contributed by atoms with Crippen LogP contribution in [0.5, 0.6) is 5.75 Å². The number of amides is 1. The molecule has 3 rings (SSSR count). The number of nitrogens with one attached hydrogen (secondary N) is 1. The van der Waals surface area contributed by atoms with E-state index < -0.39 is 15.8 Å². The van der Waals surface area contributed by atoms with Crippen molar-refractivity contribution < 1.29 is 22.3 Å². The van der Waals surface area contributed by atoms with Crippen LogP contribution in [-0.4, -0.2) is 33.7 Å². The second-order valence-corrected chi connectivity index (χ2v) is 9.14. The fourth-order valence-corrected chi connectivity index (χ4v) is 3.96. The number of benzene rings is 3. The Balaban J connectivity index is 1.55. The molecule has 0 spiro atoms. The number of carbonyl (C=O) groups excluding carboxylic acids is 1. The molecule has 0 heterocycles. The lowest BCUT2D eigenvalue weighted by Gasteiger charge is -2.23. The van der Waals surface area contributed by atoms with Crippen molar-refractivity contribution in [2.45, 2.75) is 13.0 Å². The van der Waals surface area contributed by atoms with Crippen molar-refractivity contribution in [2.75, 3.05) is 23.7 Å². The van der Waals surface area contributed by atoms with Gasteiger partial charge in [-0.15, -0.1) is 0 Å². The minimum atomic E-state index is -3.64. The van der Waals surface area contributed by atoms with Crippen molar-refractivity contribution in [1.29, 1.82) is 0 Å². The third-order valence-corrected chi connectivity index (χ3v) is 5.89. The molecule has 1 amide bonds. The molecule has 0 aliphatic rings. The van der Waals surface area contributed by atoms with Gasteiger partial charge in [-0.1, -0.05) is 48.5 Å². The number of hydrogen-bond donors (Lipinski definition) is 1. The van der Waals surface area contributed by atoms with Crippen LogP contribution >= 0.6 is 0 Å². The Kier molecular flexibility index (Phi) is 7.83. The zero-order chi connectivity index (χ0) is 23.0. The standard InChI is InChI=1S/C24H25FN2O4S/c1-32(29,30)27(17-20-9-5-6-10-23(20)25)21-11-13-22(14-12-21)31-18-24(28)26-16-15-19-7-3-2-4-8-19/h2-14H,15-18H2,1H3,(H,26,28). The highest BCUT2D eigenvalue weighted by molar-refractivity contribution is 7.92. The van der Waals surface area contributed by atoms with E-state index in [1.165, 1.54) is 6.07 Å². The van der Waals surface area contributed by atoms with Gasteiger partial charge in [0.1, 0.15) is 11.6 Å². The second kappa shape index (κ2) is 10.8. The molecule has 0 radical (unpaired) electrons. The molecule has 1 N–H and O–H groups in total. The summed E-state index contributed by atoms with van der Waals surface area (Å²) in [4.78, 5) is 12.0. The summed E-state index contributed by atoms with van der Waals surface area (Å²) in [5.74, 6) is -0.298. The first kappa shape index (κ1) is 23.3. The van der Waals surface area contributed by atoms with Crippen LogP contribution in [0, 0.1) is 5.82 Å². The molecule has 8 heteroatoms. The smallest absolute Gasteiger partial charge is 0.257 e. The highest BCUT2D eigenvalue weighted by Gasteiger charge is 2.19. The predicted molar refractivity (Wildman–Crippen MR) is 123 cm³/mol. The van der Waals surface area contributed by atoms with Crippen molar-refractivity contribution in [3.05, 3.63) is 95.8 Å². The minimum absolute atomic E-state index is 0.129. The molecule has 3 aromatic rings. The number of rotatable bonds is 10. The molecule has 0 fully saturated rings. The Bertz CT molecular complexity index is 1140. The highest BCUT2D eigenvalue weighted by Crippen LogP contribution is 2.24. The summed E-state index contributed by atoms with van der Waals surface area (Å²) in [7, 11) is -3.64. The van der Waals surface area contributed by atoms with Crippen LogP contribution in [0.4, 0.5) is 10.1 Å². The third kappa shape index (κ3) is 6.81. The van der Waals surface area contributed by atoms with Gasteiger partial charge >= 0.3 is 0 Å². The Morgan fingerprint density at radius 1 is 0.969 bits per heavy atom. The molecular weight excluding hydrogens is 431 g/mol. The Morgan fingerprint density at radius 2 is 1.62 bits per heavy atom. The van der Waals surface area contributed by atoms with E-state index in [9.17, 15) is 17.6 Å². The normalized spacial score (nSPS) is 11.1. The van der Waals surface area contributed by atoms with Crippen molar-refractivity contribution in [3.8, 4) is 5.75 Å². The van der Waals surface area contributed by atoms with E-state index >= 15 is 0 Å². The Labute approximate surface area is 187 Å². The van der Waals surface area contributed by atoms with Crippen molar-refractivity contribution >= 4 is 21.6 Å². The lowest BCUT2D eigenvalue weighted by Crippen LogP contribution is -2.30. The lowest BCUT2D eigenvalue weighted by atomic mass is 10.1. The average molecular weight is 457 g/mol. The third-order valence-electron chi connectivity index (χ3n) is 4.75. The van der Waals surface area contributed by atoms with E-state index in [2.05, 4.69) is 5.32 Å². The molecular formula is C24H25FN2O4S. The first-order valence-electron chi connectivity index (χ1n) is 10.1. The zero-order valence-corrected chi connectivity index (χ0v) is 18.5. The van der Waals surface area contributed by atoms with Gasteiger partial charge in [0.25, 0.3) is 5.91 Å². The Morgan fingerprint density at radius 3 is 2.28 bits per heavy atom. The maximum atomic E-state index is 14.0. The number of anilines is 1. The molecule has 0 atom stereocenters. The molecule has 6 nitrogen and oxygen atoms in total. The van der Waals surface area contributed by atoms with Crippen LogP contribution in [0.3, 0.4) is 0 Å². The SMILES string of the molecule is CS(=O)(=O)N(Cc1ccccc1F)c1ccc(OCC(=O)NCCc2ccccc2)cc1. The van der Waals surface area contributed by atoms with Crippen molar-refractivity contribution in [1.82, 2.24) is 5.32 Å². The molecule has 0 aliphatic heterocycles. The molecule has 0 unspecified atom stereocenters. The number of halogens is 1. The fourth-order valence-electron chi connectivity index (χ4n) is 3.08. The highest BCUT2D eigenvalue weighted by atomic mass is 32.2. The quantitative estimate of drug-likeness (QED) is 0.507. The number of sulfonamides is 1. The van der Waals surface area contributed by atoms with E-state index in [4.69, 9.17) is 4.74 Å². The molecule has 3 aromatic carbocycles. The summed E-state index contributed by atoms with van der Waals surface area (Å²) in [6.45, 7) is 0.221. The van der Waals surface area contributed by atoms with E-state index in [1.54, 1.807) is 42.5 Å². The summed E-state index contributed by atoms with van der Waals surface area (Å²) in [5, 5.41) is 2.80. The van der Waals surface area contributed by atoms with Gasteiger partial charge in [0.2, 0.25) is 10.0 Å². The molecule has 0 aromatic heterocycles. The van der Waals surface area contributed by atoms with Crippen LogP contribution in [0.2, 0.25) is 0 Å². The van der Waals surface area contributed by atoms with Gasteiger partial charge in [-0.3, -0.25) is 9.10 Å². The predicted octanol–water partition coefficient (Wildman–Crippen LogP) is 3.53. The molecule has 168 valence electrons. The number of hydrogen-bond acceptors (Lipinski definition) is 4. The molecule has 32 heavy (non-hydrogen) atoms. The van der Waals surface area contributed by atoms with Gasteiger partial charge in [-0.2, -0.15) is 0 Å². The second-order valence-electron chi connectivity index (χ2n) is 7.23. The Hall–Kier alpha value is -3.39. The van der Waals surface area contributed by atoms with Crippen LogP contribution < -0.4 is 14.4 Å². The van der Waals surface area contributed by atoms with Crippen molar-refractivity contribution in [2.24, 2.45) is 0 Å². The monoisotopic (exact) mass is 456 g/mol. The first-order chi connectivity index (χ1) is 15.3. The first-order valence-corrected chi connectivity index (χ1v) is 11.9. The van der Waals surface area contributed by atoms with E-state index in [0.717, 1.165) is 22.5 Å². The average Bonchev–Trinajstić information content (AvgIpc) is 2.77. The maximum absolute atomic E-state index is 14.0. The topological polar surface area (TPSA) is 75.7 Å². The summed E-state index contributed by atoms with van der Waals surface area (Å²) >= 11 is 0. The number of nitrogens with zero attached hydrogens (tertiary/aromatic N) is 1. The van der Waals surface area contributed by atoms with E-state index in [-0.39, 0.29) is 24.6 Å². The van der Waals surface area contributed by atoms with Gasteiger partial charge in [-0.25, -0.2) is 12.8 Å². The molecule has 0 bridgehead atoms. The van der Waals surface area contributed by atoms with Gasteiger partial charge in [0.05, 0.1) is 18.5 Å². The lowest BCUT2D eigenvalue weighted by molar-refractivity contribution is -0.123. The minimum Gasteiger partial charge on any atom is -0.484 e. The zero-order valence-electron chi connectivity index (χ0n) is 17.7. The number of ether oxygens (including phenoxy) is 1. The van der Waals surface area contributed by atoms with Crippen molar-refractivity contribution in [3.63, 3.8) is 0 Å². The van der Waals surface area contributed by atoms with Crippen LogP contribution in [0.15, 0.2) is 78.9 Å². The van der Waals surface area contributed by atoms with Gasteiger partial charge in [0, 0.05) is 12.1 Å². The molecule has 0 saturated heterocycles. The summed E-state index contributed by atoms with van der Waals surface area (Å²) in [5.41, 5.74) is 1.77. The summed E-state index contributed by atoms with van der Waals surface area (Å²) in [6, 6.07) is 22.1. The fraction of sp³-hybridized carbons (Fsp3) is 0.208. The summed E-state index contributed by atoms with van der Waals surface area (Å²) in [6.07, 6.45) is 1.79.